The van der Waals surface area contributed by atoms with Crippen molar-refractivity contribution < 1.29 is 19.2 Å². The number of ether oxygens (including phenoxy) is 2. The van der Waals surface area contributed by atoms with E-state index in [0.29, 0.717) is 22.6 Å². The molecule has 0 saturated heterocycles. The van der Waals surface area contributed by atoms with Crippen molar-refractivity contribution in [2.24, 2.45) is 5.10 Å². The highest BCUT2D eigenvalue weighted by Gasteiger charge is 2.08. The van der Waals surface area contributed by atoms with Gasteiger partial charge < -0.3 is 9.47 Å². The minimum Gasteiger partial charge on any atom is -0.493 e. The molecule has 0 heterocycles. The lowest BCUT2D eigenvalue weighted by Crippen LogP contribution is -2.17. The predicted octanol–water partition coefficient (Wildman–Crippen LogP) is 4.71. The molecule has 3 aromatic carbocycles. The fraction of sp³-hybridized carbons (Fsp3) is 0.0909. The summed E-state index contributed by atoms with van der Waals surface area (Å²) in [4.78, 5) is 22.4. The molecule has 0 aliphatic heterocycles. The zero-order valence-corrected chi connectivity index (χ0v) is 18.0. The number of rotatable bonds is 8. The number of benzene rings is 3. The number of non-ortho nitro benzene ring substituents is 1. The number of methoxy groups -OCH3 is 1. The van der Waals surface area contributed by atoms with E-state index in [1.807, 2.05) is 6.07 Å². The van der Waals surface area contributed by atoms with E-state index in [1.165, 1.54) is 25.5 Å². The molecule has 0 spiro atoms. The second kappa shape index (κ2) is 10.4. The van der Waals surface area contributed by atoms with Crippen molar-refractivity contribution in [3.05, 3.63) is 98.0 Å². The van der Waals surface area contributed by atoms with Gasteiger partial charge in [0.2, 0.25) is 0 Å². The minimum atomic E-state index is -0.449. The van der Waals surface area contributed by atoms with Gasteiger partial charge in [-0.3, -0.25) is 14.9 Å². The van der Waals surface area contributed by atoms with Crippen LogP contribution in [0, 0.1) is 10.1 Å². The molecule has 0 unspecified atom stereocenters. The summed E-state index contributed by atoms with van der Waals surface area (Å²) >= 11 is 3.32. The van der Waals surface area contributed by atoms with Crippen molar-refractivity contribution in [2.45, 2.75) is 6.61 Å². The topological polar surface area (TPSA) is 103 Å². The van der Waals surface area contributed by atoms with E-state index in [4.69, 9.17) is 9.47 Å². The van der Waals surface area contributed by atoms with Gasteiger partial charge in [0.25, 0.3) is 11.6 Å². The Labute approximate surface area is 186 Å². The van der Waals surface area contributed by atoms with Crippen LogP contribution < -0.4 is 14.9 Å². The molecule has 0 atom stereocenters. The molecular weight excluding hydrogens is 466 g/mol. The molecule has 0 aliphatic rings. The van der Waals surface area contributed by atoms with Gasteiger partial charge in [0.05, 0.1) is 18.2 Å². The van der Waals surface area contributed by atoms with Crippen molar-refractivity contribution in [1.82, 2.24) is 5.43 Å². The van der Waals surface area contributed by atoms with Crippen LogP contribution in [0.3, 0.4) is 0 Å². The Bertz CT molecular complexity index is 1120. The van der Waals surface area contributed by atoms with Gasteiger partial charge >= 0.3 is 0 Å². The Morgan fingerprint density at radius 3 is 2.58 bits per heavy atom. The molecule has 8 nitrogen and oxygen atoms in total. The molecule has 31 heavy (non-hydrogen) atoms. The summed E-state index contributed by atoms with van der Waals surface area (Å²) in [5, 5.41) is 14.7. The van der Waals surface area contributed by atoms with Crippen LogP contribution in [0.2, 0.25) is 0 Å². The van der Waals surface area contributed by atoms with Crippen molar-refractivity contribution >= 4 is 33.7 Å². The zero-order chi connectivity index (χ0) is 22.2. The summed E-state index contributed by atoms with van der Waals surface area (Å²) in [6.45, 7) is 0.227. The number of carbonyl (C=O) groups is 1. The highest BCUT2D eigenvalue weighted by atomic mass is 79.9. The van der Waals surface area contributed by atoms with E-state index in [2.05, 4.69) is 26.5 Å². The first-order chi connectivity index (χ1) is 15.0. The van der Waals surface area contributed by atoms with Crippen LogP contribution >= 0.6 is 15.9 Å². The minimum absolute atomic E-state index is 0.0250. The van der Waals surface area contributed by atoms with Gasteiger partial charge in [-0.1, -0.05) is 22.0 Å². The highest BCUT2D eigenvalue weighted by Crippen LogP contribution is 2.28. The first-order valence-electron chi connectivity index (χ1n) is 9.09. The summed E-state index contributed by atoms with van der Waals surface area (Å²) in [6.07, 6.45) is 1.50. The fourth-order valence-corrected chi connectivity index (χ4v) is 3.02. The number of nitro groups is 1. The van der Waals surface area contributed by atoms with Gasteiger partial charge in [0, 0.05) is 22.2 Å². The van der Waals surface area contributed by atoms with Crippen molar-refractivity contribution in [3.63, 3.8) is 0 Å². The maximum absolute atomic E-state index is 12.1. The van der Waals surface area contributed by atoms with Crippen molar-refractivity contribution in [1.29, 1.82) is 0 Å². The average Bonchev–Trinajstić information content (AvgIpc) is 2.78. The van der Waals surface area contributed by atoms with Crippen LogP contribution in [0.15, 0.2) is 76.3 Å². The number of nitrogens with zero attached hydrogens (tertiary/aromatic N) is 2. The molecule has 3 rings (SSSR count). The Morgan fingerprint density at radius 1 is 1.13 bits per heavy atom. The number of carbonyl (C=O) groups excluding carboxylic acids is 1. The summed E-state index contributed by atoms with van der Waals surface area (Å²) in [5.41, 5.74) is 4.47. The van der Waals surface area contributed by atoms with Crippen LogP contribution in [-0.4, -0.2) is 24.2 Å². The zero-order valence-electron chi connectivity index (χ0n) is 16.4. The third-order valence-corrected chi connectivity index (χ3v) is 4.69. The fourth-order valence-electron chi connectivity index (χ4n) is 2.62. The number of hydrazone groups is 1. The van der Waals surface area contributed by atoms with Gasteiger partial charge in [-0.15, -0.1) is 0 Å². The number of amides is 1. The Kier molecular flexibility index (Phi) is 7.34. The van der Waals surface area contributed by atoms with E-state index in [9.17, 15) is 14.9 Å². The molecule has 9 heteroatoms. The molecule has 3 aromatic rings. The van der Waals surface area contributed by atoms with Gasteiger partial charge in [-0.25, -0.2) is 5.43 Å². The molecule has 0 bridgehead atoms. The van der Waals surface area contributed by atoms with Crippen LogP contribution in [0.5, 0.6) is 11.5 Å². The molecular formula is C22H18BrN3O5. The number of nitro benzene ring substituents is 1. The first kappa shape index (κ1) is 22.0. The second-order valence-electron chi connectivity index (χ2n) is 6.33. The monoisotopic (exact) mass is 483 g/mol. The largest absolute Gasteiger partial charge is 0.493 e. The molecule has 0 aliphatic carbocycles. The average molecular weight is 484 g/mol. The summed E-state index contributed by atoms with van der Waals surface area (Å²) < 4.78 is 11.9. The van der Waals surface area contributed by atoms with Gasteiger partial charge in [-0.2, -0.15) is 5.10 Å². The smallest absolute Gasteiger partial charge is 0.271 e. The number of nitrogens with one attached hydrogen (secondary N) is 1. The lowest BCUT2D eigenvalue weighted by Gasteiger charge is -2.11. The number of halogens is 1. The lowest BCUT2D eigenvalue weighted by atomic mass is 10.2. The van der Waals surface area contributed by atoms with E-state index in [-0.39, 0.29) is 18.2 Å². The van der Waals surface area contributed by atoms with Crippen LogP contribution in [0.1, 0.15) is 21.5 Å². The predicted molar refractivity (Wildman–Crippen MR) is 120 cm³/mol. The van der Waals surface area contributed by atoms with Gasteiger partial charge in [0.1, 0.15) is 6.61 Å². The van der Waals surface area contributed by atoms with E-state index < -0.39 is 4.92 Å². The van der Waals surface area contributed by atoms with E-state index in [0.717, 1.165) is 10.0 Å². The molecule has 0 aromatic heterocycles. The van der Waals surface area contributed by atoms with Crippen LogP contribution in [-0.2, 0) is 6.61 Å². The van der Waals surface area contributed by atoms with Crippen molar-refractivity contribution in [2.75, 3.05) is 7.11 Å². The molecule has 158 valence electrons. The van der Waals surface area contributed by atoms with Crippen LogP contribution in [0.25, 0.3) is 0 Å². The number of hydrogen-bond acceptors (Lipinski definition) is 6. The highest BCUT2D eigenvalue weighted by molar-refractivity contribution is 9.10. The third-order valence-electron chi connectivity index (χ3n) is 4.20. The Balaban J connectivity index is 1.61. The third kappa shape index (κ3) is 6.13. The first-order valence-corrected chi connectivity index (χ1v) is 9.88. The SMILES string of the molecule is COc1cc(/C=N\NC(=O)c2cccc(Br)c2)ccc1OCc1ccc([N+](=O)[O-])cc1. The van der Waals surface area contributed by atoms with Crippen LogP contribution in [0.4, 0.5) is 5.69 Å². The summed E-state index contributed by atoms with van der Waals surface area (Å²) in [7, 11) is 1.52. The molecule has 1 N–H and O–H groups in total. The lowest BCUT2D eigenvalue weighted by molar-refractivity contribution is -0.384. The molecule has 0 saturated carbocycles. The quantitative estimate of drug-likeness (QED) is 0.284. The maximum atomic E-state index is 12.1. The molecule has 1 amide bonds. The van der Waals surface area contributed by atoms with Crippen molar-refractivity contribution in [3.8, 4) is 11.5 Å². The summed E-state index contributed by atoms with van der Waals surface area (Å²) in [5.74, 6) is 0.674. The Hall–Kier alpha value is -3.72. The standard InChI is InChI=1S/C22H18BrN3O5/c1-30-21-11-16(13-24-25-22(27)17-3-2-4-18(23)12-17)7-10-20(21)31-14-15-5-8-19(9-6-15)26(28)29/h2-13H,14H2,1H3,(H,25,27)/b24-13-. The molecule has 0 radical (unpaired) electrons. The normalized spacial score (nSPS) is 10.6. The van der Waals surface area contributed by atoms with E-state index >= 15 is 0 Å². The number of hydrogen-bond donors (Lipinski definition) is 1. The maximum Gasteiger partial charge on any atom is 0.271 e. The summed E-state index contributed by atoms with van der Waals surface area (Å²) in [6, 6.07) is 18.3. The Morgan fingerprint density at radius 2 is 1.90 bits per heavy atom. The molecule has 0 fully saturated rings. The van der Waals surface area contributed by atoms with E-state index in [1.54, 1.807) is 48.5 Å². The van der Waals surface area contributed by atoms with Gasteiger partial charge in [0.15, 0.2) is 11.5 Å². The van der Waals surface area contributed by atoms with Gasteiger partial charge in [-0.05, 0) is 59.7 Å². The second-order valence-corrected chi connectivity index (χ2v) is 7.25.